The van der Waals surface area contributed by atoms with Crippen molar-refractivity contribution >= 4 is 31.9 Å². The molecule has 31 heavy (non-hydrogen) atoms. The van der Waals surface area contributed by atoms with Crippen LogP contribution in [0.5, 0.6) is 0 Å². The molecule has 1 atom stereocenters. The van der Waals surface area contributed by atoms with Gasteiger partial charge in [-0.1, -0.05) is 46.3 Å². The van der Waals surface area contributed by atoms with Crippen molar-refractivity contribution in [1.29, 1.82) is 0 Å². The second kappa shape index (κ2) is 9.84. The fraction of sp³-hybridized carbons (Fsp3) is 0.458. The number of likely N-dealkylation sites (tertiary alicyclic amines) is 1. The maximum atomic E-state index is 13.4. The summed E-state index contributed by atoms with van der Waals surface area (Å²) in [5.41, 5.74) is 1.21. The molecule has 0 bridgehead atoms. The summed E-state index contributed by atoms with van der Waals surface area (Å²) in [6.45, 7) is 0.814. The Hall–Kier alpha value is -1.70. The van der Waals surface area contributed by atoms with Crippen molar-refractivity contribution in [3.63, 3.8) is 0 Å². The number of amides is 1. The number of hydrogen-bond donors (Lipinski definition) is 1. The van der Waals surface area contributed by atoms with E-state index in [9.17, 15) is 13.2 Å². The second-order valence-corrected chi connectivity index (χ2v) is 11.2. The minimum atomic E-state index is -3.55. The van der Waals surface area contributed by atoms with Crippen LogP contribution in [-0.2, 0) is 14.8 Å². The number of carbonyl (C=O) groups excluding carboxylic acids is 1. The SMILES string of the molecule is O=C([C@H]1CC[C@H](NS(=O)(=O)c2ccc(Br)cc2)CC1)N1CCCC[C@@H]1c1ccccc1. The molecule has 1 aliphatic heterocycles. The number of sulfonamides is 1. The van der Waals surface area contributed by atoms with Gasteiger partial charge >= 0.3 is 0 Å². The van der Waals surface area contributed by atoms with Gasteiger partial charge in [0, 0.05) is 23.0 Å². The molecule has 0 spiro atoms. The van der Waals surface area contributed by atoms with Crippen molar-refractivity contribution in [2.24, 2.45) is 5.92 Å². The molecule has 7 heteroatoms. The number of nitrogens with zero attached hydrogens (tertiary/aromatic N) is 1. The van der Waals surface area contributed by atoms with E-state index in [2.05, 4.69) is 37.7 Å². The van der Waals surface area contributed by atoms with Crippen LogP contribution in [0.4, 0.5) is 0 Å². The minimum Gasteiger partial charge on any atom is -0.335 e. The summed E-state index contributed by atoms with van der Waals surface area (Å²) in [5, 5.41) is 0. The first-order chi connectivity index (χ1) is 14.9. The van der Waals surface area contributed by atoms with Gasteiger partial charge < -0.3 is 4.90 Å². The molecule has 0 unspecified atom stereocenters. The van der Waals surface area contributed by atoms with E-state index in [1.165, 1.54) is 5.56 Å². The topological polar surface area (TPSA) is 66.5 Å². The molecular weight excluding hydrogens is 476 g/mol. The molecule has 1 N–H and O–H groups in total. The first kappa shape index (κ1) is 22.5. The Bertz CT molecular complexity index is 987. The number of halogens is 1. The van der Waals surface area contributed by atoms with E-state index in [4.69, 9.17) is 0 Å². The van der Waals surface area contributed by atoms with Gasteiger partial charge in [-0.05, 0) is 74.8 Å². The van der Waals surface area contributed by atoms with Crippen LogP contribution in [0.3, 0.4) is 0 Å². The molecule has 1 saturated heterocycles. The zero-order valence-electron chi connectivity index (χ0n) is 17.5. The van der Waals surface area contributed by atoms with Crippen LogP contribution in [-0.4, -0.2) is 31.8 Å². The van der Waals surface area contributed by atoms with Crippen molar-refractivity contribution in [2.45, 2.75) is 61.9 Å². The third kappa shape index (κ3) is 5.38. The molecule has 1 amide bonds. The summed E-state index contributed by atoms with van der Waals surface area (Å²) in [4.78, 5) is 15.7. The summed E-state index contributed by atoms with van der Waals surface area (Å²) in [7, 11) is -3.55. The lowest BCUT2D eigenvalue weighted by Crippen LogP contribution is -2.45. The molecule has 4 rings (SSSR count). The van der Waals surface area contributed by atoms with E-state index in [0.29, 0.717) is 12.8 Å². The maximum Gasteiger partial charge on any atom is 0.240 e. The molecule has 0 aromatic heterocycles. The van der Waals surface area contributed by atoms with Crippen molar-refractivity contribution in [2.75, 3.05) is 6.54 Å². The summed E-state index contributed by atoms with van der Waals surface area (Å²) in [5.74, 6) is 0.223. The third-order valence-corrected chi connectivity index (χ3v) is 8.56. The number of nitrogens with one attached hydrogen (secondary N) is 1. The van der Waals surface area contributed by atoms with Gasteiger partial charge in [0.1, 0.15) is 0 Å². The van der Waals surface area contributed by atoms with Crippen LogP contribution >= 0.6 is 15.9 Å². The standard InChI is InChI=1S/C24H29BrN2O3S/c25-20-11-15-22(16-12-20)31(29,30)26-21-13-9-19(10-14-21)24(28)27-17-5-4-8-23(27)18-6-2-1-3-7-18/h1-3,6-7,11-12,15-16,19,21,23,26H,4-5,8-10,13-14,17H2/t19-,21-,23-/m1/s1. The molecule has 1 heterocycles. The van der Waals surface area contributed by atoms with Crippen LogP contribution in [0.2, 0.25) is 0 Å². The molecule has 2 fully saturated rings. The minimum absolute atomic E-state index is 0.0160. The highest BCUT2D eigenvalue weighted by molar-refractivity contribution is 9.10. The van der Waals surface area contributed by atoms with Crippen molar-refractivity contribution in [3.8, 4) is 0 Å². The highest BCUT2D eigenvalue weighted by atomic mass is 79.9. The van der Waals surface area contributed by atoms with Gasteiger partial charge in [-0.3, -0.25) is 4.79 Å². The molecule has 1 saturated carbocycles. The third-order valence-electron chi connectivity index (χ3n) is 6.49. The van der Waals surface area contributed by atoms with Gasteiger partial charge in [-0.15, -0.1) is 0 Å². The van der Waals surface area contributed by atoms with E-state index in [0.717, 1.165) is 43.1 Å². The van der Waals surface area contributed by atoms with Crippen molar-refractivity contribution < 1.29 is 13.2 Å². The van der Waals surface area contributed by atoms with Crippen LogP contribution in [0.15, 0.2) is 64.0 Å². The van der Waals surface area contributed by atoms with Gasteiger partial charge in [-0.25, -0.2) is 13.1 Å². The Kier molecular flexibility index (Phi) is 7.14. The molecule has 2 aromatic rings. The van der Waals surface area contributed by atoms with Crippen LogP contribution < -0.4 is 4.72 Å². The van der Waals surface area contributed by atoms with Crippen LogP contribution in [0.25, 0.3) is 0 Å². The number of piperidine rings is 1. The number of hydrogen-bond acceptors (Lipinski definition) is 3. The molecule has 166 valence electrons. The van der Waals surface area contributed by atoms with E-state index in [1.807, 2.05) is 18.2 Å². The molecule has 0 radical (unpaired) electrons. The first-order valence-electron chi connectivity index (χ1n) is 11.1. The lowest BCUT2D eigenvalue weighted by Gasteiger charge is -2.39. The average molecular weight is 505 g/mol. The van der Waals surface area contributed by atoms with Gasteiger partial charge in [0.15, 0.2) is 0 Å². The predicted molar refractivity (Wildman–Crippen MR) is 125 cm³/mol. The fourth-order valence-corrected chi connectivity index (χ4v) is 6.38. The summed E-state index contributed by atoms with van der Waals surface area (Å²) in [6, 6.07) is 17.0. The summed E-state index contributed by atoms with van der Waals surface area (Å²) in [6.07, 6.45) is 6.05. The number of rotatable bonds is 5. The second-order valence-electron chi connectivity index (χ2n) is 8.58. The zero-order chi connectivity index (χ0) is 21.8. The van der Waals surface area contributed by atoms with Crippen LogP contribution in [0.1, 0.15) is 56.6 Å². The maximum absolute atomic E-state index is 13.4. The van der Waals surface area contributed by atoms with E-state index < -0.39 is 10.0 Å². The molecule has 5 nitrogen and oxygen atoms in total. The smallest absolute Gasteiger partial charge is 0.240 e. The summed E-state index contributed by atoms with van der Waals surface area (Å²) < 4.78 is 29.0. The lowest BCUT2D eigenvalue weighted by molar-refractivity contribution is -0.140. The Morgan fingerprint density at radius 2 is 1.58 bits per heavy atom. The fourth-order valence-electron chi connectivity index (χ4n) is 4.81. The van der Waals surface area contributed by atoms with Crippen molar-refractivity contribution in [1.82, 2.24) is 9.62 Å². The largest absolute Gasteiger partial charge is 0.335 e. The number of carbonyl (C=O) groups is 1. The number of benzene rings is 2. The Morgan fingerprint density at radius 1 is 0.903 bits per heavy atom. The molecular formula is C24H29BrN2O3S. The average Bonchev–Trinajstić information content (AvgIpc) is 2.80. The monoisotopic (exact) mass is 504 g/mol. The van der Waals surface area contributed by atoms with Gasteiger partial charge in [-0.2, -0.15) is 0 Å². The lowest BCUT2D eigenvalue weighted by atomic mass is 9.84. The summed E-state index contributed by atoms with van der Waals surface area (Å²) >= 11 is 3.33. The van der Waals surface area contributed by atoms with E-state index >= 15 is 0 Å². The highest BCUT2D eigenvalue weighted by Gasteiger charge is 2.35. The quantitative estimate of drug-likeness (QED) is 0.619. The van der Waals surface area contributed by atoms with Gasteiger partial charge in [0.05, 0.1) is 10.9 Å². The molecule has 1 aliphatic carbocycles. The van der Waals surface area contributed by atoms with E-state index in [-0.39, 0.29) is 28.8 Å². The Morgan fingerprint density at radius 3 is 2.26 bits per heavy atom. The van der Waals surface area contributed by atoms with Gasteiger partial charge in [0.25, 0.3) is 0 Å². The van der Waals surface area contributed by atoms with Gasteiger partial charge in [0.2, 0.25) is 15.9 Å². The van der Waals surface area contributed by atoms with E-state index in [1.54, 1.807) is 24.3 Å². The molecule has 2 aliphatic rings. The Labute approximate surface area is 193 Å². The normalized spacial score (nSPS) is 24.7. The highest BCUT2D eigenvalue weighted by Crippen LogP contribution is 2.35. The van der Waals surface area contributed by atoms with Crippen LogP contribution in [0, 0.1) is 5.92 Å². The van der Waals surface area contributed by atoms with Crippen molar-refractivity contribution in [3.05, 3.63) is 64.6 Å². The zero-order valence-corrected chi connectivity index (χ0v) is 19.9. The molecule has 2 aromatic carbocycles. The first-order valence-corrected chi connectivity index (χ1v) is 13.3. The predicted octanol–water partition coefficient (Wildman–Crippen LogP) is 5.04. The Balaban J connectivity index is 1.36.